The Bertz CT molecular complexity index is 670. The molecule has 0 aromatic heterocycles. The minimum atomic E-state index is -0.776. The Morgan fingerprint density at radius 1 is 1.13 bits per heavy atom. The van der Waals surface area contributed by atoms with E-state index in [4.69, 9.17) is 0 Å². The van der Waals surface area contributed by atoms with Gasteiger partial charge in [-0.05, 0) is 36.4 Å². The number of aliphatic hydroxyl groups is 1. The van der Waals surface area contributed by atoms with Crippen LogP contribution in [0.5, 0.6) is 0 Å². The van der Waals surface area contributed by atoms with Crippen molar-refractivity contribution in [1.82, 2.24) is 5.32 Å². The maximum Gasteiger partial charge on any atom is 0.253 e. The van der Waals surface area contributed by atoms with Crippen molar-refractivity contribution in [1.29, 1.82) is 0 Å². The fraction of sp³-hybridized carbons (Fsp3) is 0.278. The fourth-order valence-electron chi connectivity index (χ4n) is 2.54. The van der Waals surface area contributed by atoms with E-state index in [1.165, 1.54) is 0 Å². The highest BCUT2D eigenvalue weighted by molar-refractivity contribution is 7.99. The van der Waals surface area contributed by atoms with Crippen LogP contribution in [-0.4, -0.2) is 34.7 Å². The molecule has 23 heavy (non-hydrogen) atoms. The lowest BCUT2D eigenvalue weighted by Crippen LogP contribution is -2.43. The number of carbonyl (C=O) groups excluding carboxylic acids is 1. The van der Waals surface area contributed by atoms with Crippen molar-refractivity contribution < 1.29 is 9.90 Å². The molecule has 120 valence electrons. The van der Waals surface area contributed by atoms with Crippen LogP contribution in [0.1, 0.15) is 16.8 Å². The van der Waals surface area contributed by atoms with Gasteiger partial charge in [-0.3, -0.25) is 4.79 Å². The summed E-state index contributed by atoms with van der Waals surface area (Å²) in [6, 6.07) is 17.1. The smallest absolute Gasteiger partial charge is 0.253 e. The summed E-state index contributed by atoms with van der Waals surface area (Å²) >= 11 is 1.72. The summed E-state index contributed by atoms with van der Waals surface area (Å²) in [5.74, 6) is 1.45. The lowest BCUT2D eigenvalue weighted by atomic mass is 10.0. The van der Waals surface area contributed by atoms with Gasteiger partial charge in [0.25, 0.3) is 5.91 Å². The Morgan fingerprint density at radius 3 is 2.61 bits per heavy atom. The number of hydrogen-bond acceptors (Lipinski definition) is 4. The summed E-state index contributed by atoms with van der Waals surface area (Å²) in [6.07, 6.45) is 0.724. The summed E-state index contributed by atoms with van der Waals surface area (Å²) in [6.45, 7) is 0.290. The zero-order chi connectivity index (χ0) is 16.1. The van der Waals surface area contributed by atoms with Gasteiger partial charge in [0.15, 0.2) is 0 Å². The third-order valence-corrected chi connectivity index (χ3v) is 5.12. The SMILES string of the molecule is O=C(NCC1(O)CCSC1)c1ccccc1Nc1ccccc1. The van der Waals surface area contributed by atoms with Crippen molar-refractivity contribution in [2.45, 2.75) is 12.0 Å². The topological polar surface area (TPSA) is 61.4 Å². The number of hydrogen-bond donors (Lipinski definition) is 3. The maximum absolute atomic E-state index is 12.5. The largest absolute Gasteiger partial charge is 0.387 e. The van der Waals surface area contributed by atoms with Crippen molar-refractivity contribution in [2.24, 2.45) is 0 Å². The first-order chi connectivity index (χ1) is 11.2. The molecule has 1 unspecified atom stereocenters. The van der Waals surface area contributed by atoms with Crippen LogP contribution in [0.3, 0.4) is 0 Å². The number of para-hydroxylation sites is 2. The Labute approximate surface area is 140 Å². The minimum absolute atomic E-state index is 0.172. The van der Waals surface area contributed by atoms with E-state index in [9.17, 15) is 9.90 Å². The van der Waals surface area contributed by atoms with Gasteiger partial charge in [0, 0.05) is 18.0 Å². The molecule has 3 rings (SSSR count). The van der Waals surface area contributed by atoms with Crippen LogP contribution in [0.2, 0.25) is 0 Å². The first kappa shape index (κ1) is 15.9. The lowest BCUT2D eigenvalue weighted by molar-refractivity contribution is 0.0613. The molecular weight excluding hydrogens is 308 g/mol. The van der Waals surface area contributed by atoms with E-state index < -0.39 is 5.60 Å². The van der Waals surface area contributed by atoms with Crippen LogP contribution < -0.4 is 10.6 Å². The number of carbonyl (C=O) groups is 1. The number of nitrogens with one attached hydrogen (secondary N) is 2. The average Bonchev–Trinajstić information content (AvgIpc) is 3.01. The second kappa shape index (κ2) is 7.06. The second-order valence-electron chi connectivity index (χ2n) is 5.75. The van der Waals surface area contributed by atoms with Crippen molar-refractivity contribution >= 4 is 29.0 Å². The van der Waals surface area contributed by atoms with Crippen LogP contribution in [0.25, 0.3) is 0 Å². The number of rotatable bonds is 5. The summed E-state index contributed by atoms with van der Waals surface area (Å²) < 4.78 is 0. The third-order valence-electron chi connectivity index (χ3n) is 3.88. The quantitative estimate of drug-likeness (QED) is 0.789. The van der Waals surface area contributed by atoms with E-state index in [1.807, 2.05) is 48.5 Å². The van der Waals surface area contributed by atoms with Crippen molar-refractivity contribution in [3.8, 4) is 0 Å². The molecule has 5 heteroatoms. The Kier molecular flexibility index (Phi) is 4.88. The molecule has 1 saturated heterocycles. The molecule has 1 amide bonds. The fourth-order valence-corrected chi connectivity index (χ4v) is 3.84. The van der Waals surface area contributed by atoms with Gasteiger partial charge in [0.05, 0.1) is 16.9 Å². The molecule has 1 fully saturated rings. The van der Waals surface area contributed by atoms with Crippen molar-refractivity contribution in [2.75, 3.05) is 23.4 Å². The molecule has 0 radical (unpaired) electrons. The van der Waals surface area contributed by atoms with Crippen LogP contribution >= 0.6 is 11.8 Å². The zero-order valence-electron chi connectivity index (χ0n) is 12.8. The molecule has 0 saturated carbocycles. The molecule has 2 aromatic rings. The molecule has 2 aromatic carbocycles. The molecule has 1 aliphatic heterocycles. The standard InChI is InChI=1S/C18H20N2O2S/c21-17(19-12-18(22)10-11-23-13-18)15-8-4-5-9-16(15)20-14-6-2-1-3-7-14/h1-9,20,22H,10-13H2,(H,19,21). The number of benzene rings is 2. The Morgan fingerprint density at radius 2 is 1.87 bits per heavy atom. The number of amides is 1. The van der Waals surface area contributed by atoms with Crippen LogP contribution in [-0.2, 0) is 0 Å². The maximum atomic E-state index is 12.5. The van der Waals surface area contributed by atoms with Crippen LogP contribution in [0.15, 0.2) is 54.6 Å². The highest BCUT2D eigenvalue weighted by Gasteiger charge is 2.32. The van der Waals surface area contributed by atoms with Gasteiger partial charge in [0.2, 0.25) is 0 Å². The van der Waals surface area contributed by atoms with Crippen LogP contribution in [0.4, 0.5) is 11.4 Å². The van der Waals surface area contributed by atoms with E-state index >= 15 is 0 Å². The van der Waals surface area contributed by atoms with Gasteiger partial charge in [0.1, 0.15) is 0 Å². The summed E-state index contributed by atoms with van der Waals surface area (Å²) in [5, 5.41) is 16.5. The molecule has 0 bridgehead atoms. The molecule has 0 aliphatic carbocycles. The predicted octanol–water partition coefficient (Wildman–Crippen LogP) is 3.03. The van der Waals surface area contributed by atoms with Crippen molar-refractivity contribution in [3.63, 3.8) is 0 Å². The zero-order valence-corrected chi connectivity index (χ0v) is 13.6. The van der Waals surface area contributed by atoms with E-state index in [0.717, 1.165) is 23.5 Å². The van der Waals surface area contributed by atoms with Gasteiger partial charge in [-0.1, -0.05) is 30.3 Å². The molecule has 0 spiro atoms. The van der Waals surface area contributed by atoms with Gasteiger partial charge in [-0.15, -0.1) is 0 Å². The highest BCUT2D eigenvalue weighted by Crippen LogP contribution is 2.27. The normalized spacial score (nSPS) is 20.2. The van der Waals surface area contributed by atoms with Gasteiger partial charge < -0.3 is 15.7 Å². The van der Waals surface area contributed by atoms with Gasteiger partial charge in [-0.25, -0.2) is 0 Å². The molecule has 3 N–H and O–H groups in total. The Hall–Kier alpha value is -1.98. The predicted molar refractivity (Wildman–Crippen MR) is 95.4 cm³/mol. The molecule has 1 heterocycles. The van der Waals surface area contributed by atoms with Crippen molar-refractivity contribution in [3.05, 3.63) is 60.2 Å². The van der Waals surface area contributed by atoms with Gasteiger partial charge >= 0.3 is 0 Å². The minimum Gasteiger partial charge on any atom is -0.387 e. The third kappa shape index (κ3) is 4.06. The average molecular weight is 328 g/mol. The monoisotopic (exact) mass is 328 g/mol. The van der Waals surface area contributed by atoms with E-state index in [-0.39, 0.29) is 5.91 Å². The molecule has 4 nitrogen and oxygen atoms in total. The number of thioether (sulfide) groups is 1. The Balaban J connectivity index is 1.70. The highest BCUT2D eigenvalue weighted by atomic mass is 32.2. The summed E-state index contributed by atoms with van der Waals surface area (Å²) in [7, 11) is 0. The van der Waals surface area contributed by atoms with Crippen LogP contribution in [0, 0.1) is 0 Å². The molecular formula is C18H20N2O2S. The lowest BCUT2D eigenvalue weighted by Gasteiger charge is -2.22. The van der Waals surface area contributed by atoms with E-state index in [1.54, 1.807) is 17.8 Å². The van der Waals surface area contributed by atoms with Gasteiger partial charge in [-0.2, -0.15) is 11.8 Å². The second-order valence-corrected chi connectivity index (χ2v) is 6.85. The van der Waals surface area contributed by atoms with E-state index in [2.05, 4.69) is 10.6 Å². The summed E-state index contributed by atoms with van der Waals surface area (Å²) in [4.78, 5) is 12.5. The molecule has 1 aliphatic rings. The first-order valence-corrected chi connectivity index (χ1v) is 8.81. The van der Waals surface area contributed by atoms with E-state index in [0.29, 0.717) is 17.9 Å². The number of anilines is 2. The first-order valence-electron chi connectivity index (χ1n) is 7.66. The molecule has 1 atom stereocenters. The summed E-state index contributed by atoms with van der Waals surface area (Å²) in [5.41, 5.74) is 1.48.